The molecule has 0 saturated heterocycles. The normalized spacial score (nSPS) is 11.4. The average molecular weight is 270 g/mol. The maximum atomic E-state index is 13.3. The second-order valence-electron chi connectivity index (χ2n) is 3.12. The van der Waals surface area contributed by atoms with Crippen molar-refractivity contribution >= 4 is 22.9 Å². The zero-order chi connectivity index (χ0) is 13.2. The maximum absolute atomic E-state index is 13.3. The first-order valence-electron chi connectivity index (χ1n) is 4.31. The molecule has 1 aromatic carbocycles. The molecule has 0 amide bonds. The number of hydrogen-bond donors (Lipinski definition) is 2. The summed E-state index contributed by atoms with van der Waals surface area (Å²) in [7, 11) is 0. The van der Waals surface area contributed by atoms with Gasteiger partial charge < -0.3 is 11.1 Å². The monoisotopic (exact) mass is 270 g/mol. The summed E-state index contributed by atoms with van der Waals surface area (Å²) in [5, 5.41) is 1.74. The van der Waals surface area contributed by atoms with E-state index in [0.29, 0.717) is 0 Å². The first-order valence-corrected chi connectivity index (χ1v) is 4.71. The standard InChI is InChI=1S/C9H7F5N2S/c10-6-4(8(15)17)1-2-5(7(6)11)16-3-9(12,13)14/h1-2,16H,3H2,(H2,15,17). The zero-order valence-corrected chi connectivity index (χ0v) is 9.05. The minimum absolute atomic E-state index is 0.352. The van der Waals surface area contributed by atoms with E-state index in [0.717, 1.165) is 12.1 Å². The molecule has 8 heteroatoms. The Hall–Kier alpha value is -1.44. The van der Waals surface area contributed by atoms with Gasteiger partial charge in [0.15, 0.2) is 11.6 Å². The molecule has 0 aliphatic carbocycles. The quantitative estimate of drug-likeness (QED) is 0.655. The van der Waals surface area contributed by atoms with Gasteiger partial charge in [-0.25, -0.2) is 8.78 Å². The molecule has 0 aliphatic heterocycles. The Morgan fingerprint density at radius 2 is 1.82 bits per heavy atom. The third-order valence-corrected chi connectivity index (χ3v) is 2.05. The molecule has 17 heavy (non-hydrogen) atoms. The molecule has 0 heterocycles. The largest absolute Gasteiger partial charge is 0.405 e. The Morgan fingerprint density at radius 3 is 2.29 bits per heavy atom. The van der Waals surface area contributed by atoms with Crippen LogP contribution >= 0.6 is 12.2 Å². The predicted octanol–water partition coefficient (Wildman–Crippen LogP) is 2.57. The molecule has 0 saturated carbocycles. The Morgan fingerprint density at radius 1 is 1.24 bits per heavy atom. The van der Waals surface area contributed by atoms with Crippen LogP contribution in [0.1, 0.15) is 5.56 Å². The van der Waals surface area contributed by atoms with E-state index in [9.17, 15) is 22.0 Å². The van der Waals surface area contributed by atoms with E-state index in [1.807, 2.05) is 0 Å². The van der Waals surface area contributed by atoms with E-state index in [2.05, 4.69) is 12.2 Å². The Kier molecular flexibility index (Phi) is 3.87. The fourth-order valence-electron chi connectivity index (χ4n) is 1.07. The number of rotatable bonds is 3. The minimum atomic E-state index is -4.52. The first kappa shape index (κ1) is 13.6. The second-order valence-corrected chi connectivity index (χ2v) is 3.56. The van der Waals surface area contributed by atoms with Gasteiger partial charge in [-0.3, -0.25) is 0 Å². The van der Waals surface area contributed by atoms with Crippen molar-refractivity contribution in [3.63, 3.8) is 0 Å². The van der Waals surface area contributed by atoms with Gasteiger partial charge in [-0.1, -0.05) is 12.2 Å². The molecule has 0 atom stereocenters. The fourth-order valence-corrected chi connectivity index (χ4v) is 1.23. The third kappa shape index (κ3) is 3.52. The molecule has 1 rings (SSSR count). The first-order chi connectivity index (χ1) is 7.72. The highest BCUT2D eigenvalue weighted by Crippen LogP contribution is 2.22. The molecule has 1 aromatic rings. The smallest absolute Gasteiger partial charge is 0.389 e. The number of alkyl halides is 3. The van der Waals surface area contributed by atoms with Crippen LogP contribution in [0.4, 0.5) is 27.6 Å². The van der Waals surface area contributed by atoms with Crippen LogP contribution < -0.4 is 11.1 Å². The summed E-state index contributed by atoms with van der Waals surface area (Å²) in [5.41, 5.74) is 4.15. The number of nitrogens with one attached hydrogen (secondary N) is 1. The molecule has 0 aromatic heterocycles. The third-order valence-electron chi connectivity index (χ3n) is 1.83. The summed E-state index contributed by atoms with van der Waals surface area (Å²) < 4.78 is 62.1. The van der Waals surface area contributed by atoms with Gasteiger partial charge in [-0.05, 0) is 12.1 Å². The number of benzene rings is 1. The van der Waals surface area contributed by atoms with Gasteiger partial charge in [-0.15, -0.1) is 0 Å². The van der Waals surface area contributed by atoms with E-state index in [4.69, 9.17) is 5.73 Å². The van der Waals surface area contributed by atoms with Crippen molar-refractivity contribution in [1.82, 2.24) is 0 Å². The lowest BCUT2D eigenvalue weighted by Gasteiger charge is -2.11. The highest BCUT2D eigenvalue weighted by Gasteiger charge is 2.27. The van der Waals surface area contributed by atoms with Crippen LogP contribution in [0.2, 0.25) is 0 Å². The van der Waals surface area contributed by atoms with Crippen LogP contribution in [0.15, 0.2) is 12.1 Å². The van der Waals surface area contributed by atoms with Crippen molar-refractivity contribution in [3.05, 3.63) is 29.3 Å². The molecule has 3 N–H and O–H groups in total. The van der Waals surface area contributed by atoms with Crippen molar-refractivity contribution in [1.29, 1.82) is 0 Å². The number of halogens is 5. The van der Waals surface area contributed by atoms with Crippen molar-refractivity contribution < 1.29 is 22.0 Å². The predicted molar refractivity (Wildman–Crippen MR) is 56.8 cm³/mol. The van der Waals surface area contributed by atoms with Gasteiger partial charge in [0, 0.05) is 5.56 Å². The summed E-state index contributed by atoms with van der Waals surface area (Å²) in [6, 6.07) is 1.96. The second kappa shape index (κ2) is 4.82. The molecular weight excluding hydrogens is 263 g/mol. The average Bonchev–Trinajstić information content (AvgIpc) is 2.18. The van der Waals surface area contributed by atoms with Crippen molar-refractivity contribution in [2.24, 2.45) is 5.73 Å². The lowest BCUT2D eigenvalue weighted by Crippen LogP contribution is -2.22. The SMILES string of the molecule is NC(=S)c1ccc(NCC(F)(F)F)c(F)c1F. The number of nitrogens with two attached hydrogens (primary N) is 1. The van der Waals surface area contributed by atoms with Crippen molar-refractivity contribution in [2.75, 3.05) is 11.9 Å². The van der Waals surface area contributed by atoms with Crippen LogP contribution in [-0.4, -0.2) is 17.7 Å². The van der Waals surface area contributed by atoms with Gasteiger partial charge in [-0.2, -0.15) is 13.2 Å². The van der Waals surface area contributed by atoms with E-state index in [1.54, 1.807) is 5.32 Å². The van der Waals surface area contributed by atoms with Gasteiger partial charge in [0.2, 0.25) is 0 Å². The lowest BCUT2D eigenvalue weighted by atomic mass is 10.2. The highest BCUT2D eigenvalue weighted by atomic mass is 32.1. The summed E-state index contributed by atoms with van der Waals surface area (Å²) in [5.74, 6) is -2.82. The lowest BCUT2D eigenvalue weighted by molar-refractivity contribution is -0.115. The zero-order valence-electron chi connectivity index (χ0n) is 8.24. The molecule has 0 aliphatic rings. The van der Waals surface area contributed by atoms with Crippen LogP contribution in [0.3, 0.4) is 0 Å². The van der Waals surface area contributed by atoms with Crippen molar-refractivity contribution in [3.8, 4) is 0 Å². The summed E-state index contributed by atoms with van der Waals surface area (Å²) in [6.07, 6.45) is -4.52. The number of hydrogen-bond acceptors (Lipinski definition) is 2. The molecule has 0 fully saturated rings. The van der Waals surface area contributed by atoms with Crippen LogP contribution in [0.25, 0.3) is 0 Å². The van der Waals surface area contributed by atoms with Gasteiger partial charge in [0.25, 0.3) is 0 Å². The number of thiocarbonyl (C=S) groups is 1. The van der Waals surface area contributed by atoms with Gasteiger partial charge in [0.05, 0.1) is 5.69 Å². The Balaban J connectivity index is 2.97. The maximum Gasteiger partial charge on any atom is 0.405 e. The fraction of sp³-hybridized carbons (Fsp3) is 0.222. The number of anilines is 1. The van der Waals surface area contributed by atoms with Gasteiger partial charge in [0.1, 0.15) is 11.5 Å². The van der Waals surface area contributed by atoms with E-state index < -0.39 is 30.0 Å². The Bertz CT molecular complexity index is 444. The molecule has 2 nitrogen and oxygen atoms in total. The molecular formula is C9H7F5N2S. The molecule has 0 spiro atoms. The van der Waals surface area contributed by atoms with E-state index in [-0.39, 0.29) is 10.6 Å². The Labute approximate surface area is 98.6 Å². The molecule has 94 valence electrons. The van der Waals surface area contributed by atoms with Gasteiger partial charge >= 0.3 is 6.18 Å². The molecule has 0 unspecified atom stereocenters. The van der Waals surface area contributed by atoms with Crippen LogP contribution in [0.5, 0.6) is 0 Å². The highest BCUT2D eigenvalue weighted by molar-refractivity contribution is 7.80. The molecule has 0 bridgehead atoms. The minimum Gasteiger partial charge on any atom is -0.389 e. The van der Waals surface area contributed by atoms with Crippen LogP contribution in [-0.2, 0) is 0 Å². The van der Waals surface area contributed by atoms with Crippen LogP contribution in [0, 0.1) is 11.6 Å². The molecule has 0 radical (unpaired) electrons. The topological polar surface area (TPSA) is 38.0 Å². The summed E-state index contributed by atoms with van der Waals surface area (Å²) >= 11 is 4.45. The summed E-state index contributed by atoms with van der Waals surface area (Å²) in [4.78, 5) is -0.372. The summed E-state index contributed by atoms with van der Waals surface area (Å²) in [6.45, 7) is -1.46. The van der Waals surface area contributed by atoms with E-state index >= 15 is 0 Å². The van der Waals surface area contributed by atoms with Crippen molar-refractivity contribution in [2.45, 2.75) is 6.18 Å². The van der Waals surface area contributed by atoms with E-state index in [1.165, 1.54) is 0 Å².